The summed E-state index contributed by atoms with van der Waals surface area (Å²) in [6.45, 7) is 7.43. The van der Waals surface area contributed by atoms with Gasteiger partial charge in [0.2, 0.25) is 11.3 Å². The number of hydrogen-bond donors (Lipinski definition) is 1. The van der Waals surface area contributed by atoms with Gasteiger partial charge < -0.3 is 15.0 Å². The number of aromatic nitrogens is 4. The van der Waals surface area contributed by atoms with E-state index in [1.165, 1.54) is 12.0 Å². The molecule has 0 aliphatic carbocycles. The Kier molecular flexibility index (Phi) is 5.71. The summed E-state index contributed by atoms with van der Waals surface area (Å²) < 4.78 is 10.3. The topological polar surface area (TPSA) is 92.4 Å². The van der Waals surface area contributed by atoms with E-state index in [0.717, 1.165) is 64.0 Å². The van der Waals surface area contributed by atoms with Crippen LogP contribution in [-0.4, -0.2) is 71.1 Å². The molecule has 30 heavy (non-hydrogen) atoms. The number of morpholine rings is 1. The van der Waals surface area contributed by atoms with Crippen LogP contribution in [0, 0.1) is 5.92 Å². The van der Waals surface area contributed by atoms with Crippen LogP contribution in [0.4, 0.5) is 11.6 Å². The summed E-state index contributed by atoms with van der Waals surface area (Å²) in [6, 6.07) is 10.3. The number of ether oxygens (including phenoxy) is 1. The lowest BCUT2D eigenvalue weighted by Gasteiger charge is -2.37. The van der Waals surface area contributed by atoms with Crippen LogP contribution in [0.25, 0.3) is 11.3 Å². The van der Waals surface area contributed by atoms with Crippen molar-refractivity contribution in [1.29, 1.82) is 0 Å². The van der Waals surface area contributed by atoms with Crippen LogP contribution in [0.2, 0.25) is 0 Å². The monoisotopic (exact) mass is 409 g/mol. The maximum Gasteiger partial charge on any atom is 0.245 e. The standard InChI is InChI=1S/C21H27N7O2/c1-2-5-16(6-3-1)13-22-20-21(24-19-18(23-20)25-30-26-19)28-8-4-7-17(15-28)14-27-9-11-29-12-10-27/h1-3,5-6,17H,4,7-15H2,(H,22,23,25). The van der Waals surface area contributed by atoms with Gasteiger partial charge in [0.05, 0.1) is 13.2 Å². The van der Waals surface area contributed by atoms with Crippen LogP contribution in [0.15, 0.2) is 35.0 Å². The lowest BCUT2D eigenvalue weighted by atomic mass is 9.97. The molecule has 4 heterocycles. The van der Waals surface area contributed by atoms with Crippen molar-refractivity contribution in [1.82, 2.24) is 25.2 Å². The average Bonchev–Trinajstić information content (AvgIpc) is 3.26. The molecule has 0 saturated carbocycles. The van der Waals surface area contributed by atoms with E-state index in [0.29, 0.717) is 23.8 Å². The lowest BCUT2D eigenvalue weighted by molar-refractivity contribution is 0.0296. The highest BCUT2D eigenvalue weighted by Crippen LogP contribution is 2.29. The molecule has 0 amide bonds. The van der Waals surface area contributed by atoms with Crippen molar-refractivity contribution < 1.29 is 9.37 Å². The maximum atomic E-state index is 5.49. The highest BCUT2D eigenvalue weighted by Gasteiger charge is 2.26. The summed E-state index contributed by atoms with van der Waals surface area (Å²) in [7, 11) is 0. The molecule has 2 aromatic heterocycles. The van der Waals surface area contributed by atoms with Gasteiger partial charge in [-0.3, -0.25) is 4.90 Å². The number of anilines is 2. The van der Waals surface area contributed by atoms with Crippen LogP contribution < -0.4 is 10.2 Å². The molecule has 0 radical (unpaired) electrons. The second-order valence-electron chi connectivity index (χ2n) is 8.01. The molecular formula is C21H27N7O2. The predicted molar refractivity (Wildman–Crippen MR) is 113 cm³/mol. The molecule has 9 nitrogen and oxygen atoms in total. The zero-order valence-electron chi connectivity index (χ0n) is 17.0. The quantitative estimate of drug-likeness (QED) is 0.657. The third kappa shape index (κ3) is 4.36. The summed E-state index contributed by atoms with van der Waals surface area (Å²) in [6.07, 6.45) is 2.38. The fourth-order valence-corrected chi connectivity index (χ4v) is 4.31. The number of fused-ring (bicyclic) bond motifs is 1. The molecule has 0 bridgehead atoms. The van der Waals surface area contributed by atoms with Gasteiger partial charge in [0.25, 0.3) is 0 Å². The van der Waals surface area contributed by atoms with Gasteiger partial charge in [0.15, 0.2) is 11.6 Å². The van der Waals surface area contributed by atoms with Gasteiger partial charge in [-0.2, -0.15) is 0 Å². The van der Waals surface area contributed by atoms with E-state index in [2.05, 4.69) is 42.5 Å². The van der Waals surface area contributed by atoms with Crippen LogP contribution >= 0.6 is 0 Å². The smallest absolute Gasteiger partial charge is 0.245 e. The summed E-state index contributed by atoms with van der Waals surface area (Å²) in [5.41, 5.74) is 2.06. The molecule has 9 heteroatoms. The predicted octanol–water partition coefficient (Wildman–Crippen LogP) is 2.17. The van der Waals surface area contributed by atoms with E-state index in [1.807, 2.05) is 18.2 Å². The van der Waals surface area contributed by atoms with Gasteiger partial charge in [-0.05, 0) is 34.6 Å². The van der Waals surface area contributed by atoms with E-state index < -0.39 is 0 Å². The molecule has 2 aliphatic rings. The first-order valence-electron chi connectivity index (χ1n) is 10.7. The molecule has 5 rings (SSSR count). The average molecular weight is 409 g/mol. The van der Waals surface area contributed by atoms with E-state index in [-0.39, 0.29) is 0 Å². The van der Waals surface area contributed by atoms with Gasteiger partial charge >= 0.3 is 0 Å². The van der Waals surface area contributed by atoms with Gasteiger partial charge in [-0.25, -0.2) is 14.6 Å². The largest absolute Gasteiger partial charge is 0.379 e. The molecule has 158 valence electrons. The molecule has 3 aromatic rings. The van der Waals surface area contributed by atoms with E-state index in [4.69, 9.17) is 14.3 Å². The third-order valence-corrected chi connectivity index (χ3v) is 5.84. The number of benzene rings is 1. The SMILES string of the molecule is c1ccc(CNc2nc3nonc3nc2N2CCCC(CN3CCOCC3)C2)cc1. The highest BCUT2D eigenvalue weighted by molar-refractivity contribution is 5.74. The first-order valence-corrected chi connectivity index (χ1v) is 10.7. The van der Waals surface area contributed by atoms with Gasteiger partial charge in [-0.1, -0.05) is 30.3 Å². The molecule has 1 aromatic carbocycles. The molecule has 2 fully saturated rings. The van der Waals surface area contributed by atoms with Crippen LogP contribution in [0.3, 0.4) is 0 Å². The Morgan fingerprint density at radius 2 is 1.80 bits per heavy atom. The van der Waals surface area contributed by atoms with Crippen molar-refractivity contribution in [2.24, 2.45) is 5.92 Å². The van der Waals surface area contributed by atoms with Crippen molar-refractivity contribution in [3.8, 4) is 0 Å². The molecule has 2 aliphatic heterocycles. The van der Waals surface area contributed by atoms with E-state index >= 15 is 0 Å². The number of hydrogen-bond acceptors (Lipinski definition) is 9. The number of nitrogens with zero attached hydrogens (tertiary/aromatic N) is 6. The minimum absolute atomic E-state index is 0.427. The second kappa shape index (κ2) is 8.93. The third-order valence-electron chi connectivity index (χ3n) is 5.84. The second-order valence-corrected chi connectivity index (χ2v) is 8.01. The van der Waals surface area contributed by atoms with Crippen molar-refractivity contribution in [2.45, 2.75) is 19.4 Å². The van der Waals surface area contributed by atoms with Crippen molar-refractivity contribution in [3.05, 3.63) is 35.9 Å². The number of nitrogens with one attached hydrogen (secondary N) is 1. The van der Waals surface area contributed by atoms with Crippen LogP contribution in [0.1, 0.15) is 18.4 Å². The van der Waals surface area contributed by atoms with Crippen LogP contribution in [0.5, 0.6) is 0 Å². The van der Waals surface area contributed by atoms with Crippen molar-refractivity contribution >= 4 is 22.9 Å². The first-order chi connectivity index (χ1) is 14.8. The van der Waals surface area contributed by atoms with Gasteiger partial charge in [0, 0.05) is 39.3 Å². The molecular weight excluding hydrogens is 382 g/mol. The fourth-order valence-electron chi connectivity index (χ4n) is 4.31. The summed E-state index contributed by atoms with van der Waals surface area (Å²) in [5, 5.41) is 11.2. The summed E-state index contributed by atoms with van der Waals surface area (Å²) in [5.74, 6) is 2.17. The Balaban J connectivity index is 1.35. The molecule has 1 N–H and O–H groups in total. The van der Waals surface area contributed by atoms with Crippen molar-refractivity contribution in [2.75, 3.05) is 56.2 Å². The Morgan fingerprint density at radius 3 is 2.63 bits per heavy atom. The van der Waals surface area contributed by atoms with E-state index in [1.54, 1.807) is 0 Å². The van der Waals surface area contributed by atoms with Crippen LogP contribution in [-0.2, 0) is 11.3 Å². The fraction of sp³-hybridized carbons (Fsp3) is 0.524. The Bertz CT molecular complexity index is 958. The number of rotatable bonds is 6. The molecule has 1 unspecified atom stereocenters. The summed E-state index contributed by atoms with van der Waals surface area (Å²) >= 11 is 0. The minimum Gasteiger partial charge on any atom is -0.379 e. The zero-order valence-corrected chi connectivity index (χ0v) is 17.0. The molecule has 0 spiro atoms. The van der Waals surface area contributed by atoms with Gasteiger partial charge in [-0.15, -0.1) is 0 Å². The van der Waals surface area contributed by atoms with Crippen molar-refractivity contribution in [3.63, 3.8) is 0 Å². The highest BCUT2D eigenvalue weighted by atomic mass is 16.6. The normalized spacial score (nSPS) is 20.5. The summed E-state index contributed by atoms with van der Waals surface area (Å²) in [4.78, 5) is 14.3. The zero-order chi connectivity index (χ0) is 20.2. The first kappa shape index (κ1) is 19.2. The van der Waals surface area contributed by atoms with Gasteiger partial charge in [0.1, 0.15) is 0 Å². The Labute approximate surface area is 175 Å². The Morgan fingerprint density at radius 1 is 1.00 bits per heavy atom. The Hall–Kier alpha value is -2.78. The maximum absolute atomic E-state index is 5.49. The minimum atomic E-state index is 0.427. The number of piperidine rings is 1. The molecule has 2 saturated heterocycles. The van der Waals surface area contributed by atoms with E-state index in [9.17, 15) is 0 Å². The lowest BCUT2D eigenvalue weighted by Crippen LogP contribution is -2.45. The molecule has 1 atom stereocenters.